The van der Waals surface area contributed by atoms with Gasteiger partial charge in [0.05, 0.1) is 5.41 Å². The molecule has 25 heavy (non-hydrogen) atoms. The third-order valence-corrected chi connectivity index (χ3v) is 5.32. The van der Waals surface area contributed by atoms with Gasteiger partial charge in [0, 0.05) is 38.4 Å². The fraction of sp³-hybridized carbons (Fsp3) is 0.579. The summed E-state index contributed by atoms with van der Waals surface area (Å²) in [6.07, 6.45) is 1.49. The number of nitrogens with zero attached hydrogens (tertiary/aromatic N) is 2. The van der Waals surface area contributed by atoms with Gasteiger partial charge in [-0.3, -0.25) is 4.79 Å². The second-order valence-corrected chi connectivity index (χ2v) is 6.77. The van der Waals surface area contributed by atoms with Gasteiger partial charge < -0.3 is 20.9 Å². The molecule has 3 N–H and O–H groups in total. The number of carbonyl (C=O) groups is 2. The van der Waals surface area contributed by atoms with Crippen molar-refractivity contribution >= 4 is 17.6 Å². The average Bonchev–Trinajstić information content (AvgIpc) is 2.63. The van der Waals surface area contributed by atoms with Gasteiger partial charge in [-0.05, 0) is 37.5 Å². The smallest absolute Gasteiger partial charge is 0.321 e. The average molecular weight is 346 g/mol. The maximum absolute atomic E-state index is 12.8. The van der Waals surface area contributed by atoms with Gasteiger partial charge in [0.25, 0.3) is 0 Å². The molecule has 6 nitrogen and oxygen atoms in total. The van der Waals surface area contributed by atoms with Crippen molar-refractivity contribution in [1.82, 2.24) is 9.80 Å². The van der Waals surface area contributed by atoms with Crippen molar-refractivity contribution in [3.05, 3.63) is 29.8 Å². The number of rotatable bonds is 5. The first-order valence-corrected chi connectivity index (χ1v) is 9.07. The minimum absolute atomic E-state index is 0.117. The van der Waals surface area contributed by atoms with Gasteiger partial charge in [-0.25, -0.2) is 4.79 Å². The predicted octanol–water partition coefficient (Wildman–Crippen LogP) is 2.44. The van der Waals surface area contributed by atoms with Crippen LogP contribution in [0.15, 0.2) is 24.3 Å². The van der Waals surface area contributed by atoms with Crippen LogP contribution in [0.4, 0.5) is 10.5 Å². The number of benzene rings is 1. The third kappa shape index (κ3) is 4.31. The number of amides is 3. The molecule has 0 radical (unpaired) electrons. The summed E-state index contributed by atoms with van der Waals surface area (Å²) >= 11 is 0. The van der Waals surface area contributed by atoms with Crippen LogP contribution in [-0.2, 0) is 4.79 Å². The molecule has 0 atom stereocenters. The van der Waals surface area contributed by atoms with Gasteiger partial charge in [-0.1, -0.05) is 26.0 Å². The molecule has 1 aliphatic rings. The van der Waals surface area contributed by atoms with Gasteiger partial charge in [0.1, 0.15) is 0 Å². The summed E-state index contributed by atoms with van der Waals surface area (Å²) in [6.45, 7) is 8.58. The molecule has 2 rings (SSSR count). The predicted molar refractivity (Wildman–Crippen MR) is 100 cm³/mol. The molecule has 0 spiro atoms. The molecular weight excluding hydrogens is 316 g/mol. The topological polar surface area (TPSA) is 78.7 Å². The summed E-state index contributed by atoms with van der Waals surface area (Å²) in [5.74, 6) is 0.124. The fourth-order valence-electron chi connectivity index (χ4n) is 3.30. The minimum Gasteiger partial charge on any atom is -0.339 e. The number of nitrogens with two attached hydrogens (primary N) is 1. The molecule has 138 valence electrons. The van der Waals surface area contributed by atoms with Gasteiger partial charge in [-0.15, -0.1) is 0 Å². The van der Waals surface area contributed by atoms with Gasteiger partial charge in [0.2, 0.25) is 5.91 Å². The van der Waals surface area contributed by atoms with Crippen LogP contribution in [0.1, 0.15) is 32.3 Å². The highest BCUT2D eigenvalue weighted by Crippen LogP contribution is 2.28. The Morgan fingerprint density at radius 3 is 2.24 bits per heavy atom. The highest BCUT2D eigenvalue weighted by Gasteiger charge is 2.38. The lowest BCUT2D eigenvalue weighted by Gasteiger charge is -2.40. The first-order valence-electron chi connectivity index (χ1n) is 9.07. The van der Waals surface area contributed by atoms with E-state index in [9.17, 15) is 9.59 Å². The lowest BCUT2D eigenvalue weighted by molar-refractivity contribution is -0.143. The standard InChI is InChI=1S/C19H30N4O2/c1-4-19(5-2,14-20)17(24)22-9-11-23(12-10-22)18(25)21-16-8-6-7-15(3)13-16/h6-8,13H,4-5,9-12,14,20H2,1-3H3,(H,21,25). The summed E-state index contributed by atoms with van der Waals surface area (Å²) < 4.78 is 0. The van der Waals surface area contributed by atoms with Crippen LogP contribution in [-0.4, -0.2) is 54.5 Å². The SMILES string of the molecule is CCC(CC)(CN)C(=O)N1CCN(C(=O)Nc2cccc(C)c2)CC1. The normalized spacial score (nSPS) is 15.2. The summed E-state index contributed by atoms with van der Waals surface area (Å²) in [4.78, 5) is 28.9. The van der Waals surface area contributed by atoms with Gasteiger partial charge in [0.15, 0.2) is 0 Å². The van der Waals surface area contributed by atoms with Crippen molar-refractivity contribution in [1.29, 1.82) is 0 Å². The zero-order valence-electron chi connectivity index (χ0n) is 15.5. The maximum atomic E-state index is 12.8. The molecule has 0 aromatic heterocycles. The van der Waals surface area contributed by atoms with E-state index in [1.165, 1.54) is 0 Å². The summed E-state index contributed by atoms with van der Waals surface area (Å²) in [5, 5.41) is 2.92. The van der Waals surface area contributed by atoms with Gasteiger partial charge in [-0.2, -0.15) is 0 Å². The van der Waals surface area contributed by atoms with E-state index in [-0.39, 0.29) is 11.9 Å². The molecule has 0 saturated carbocycles. The third-order valence-electron chi connectivity index (χ3n) is 5.32. The van der Waals surface area contributed by atoms with E-state index in [4.69, 9.17) is 5.73 Å². The van der Waals surface area contributed by atoms with Crippen LogP contribution in [0.2, 0.25) is 0 Å². The lowest BCUT2D eigenvalue weighted by Crippen LogP contribution is -2.56. The Balaban J connectivity index is 1.92. The molecule has 0 bridgehead atoms. The molecule has 1 aromatic rings. The number of hydrogen-bond donors (Lipinski definition) is 2. The molecule has 0 aliphatic carbocycles. The molecule has 1 heterocycles. The number of carbonyl (C=O) groups excluding carboxylic acids is 2. The van der Waals surface area contributed by atoms with Gasteiger partial charge >= 0.3 is 6.03 Å². The lowest BCUT2D eigenvalue weighted by atomic mass is 9.81. The zero-order chi connectivity index (χ0) is 18.4. The molecule has 3 amide bonds. The number of hydrogen-bond acceptors (Lipinski definition) is 3. The molecule has 1 aliphatic heterocycles. The first kappa shape index (κ1) is 19.2. The van der Waals surface area contributed by atoms with E-state index < -0.39 is 5.41 Å². The van der Waals surface area contributed by atoms with Crippen LogP contribution in [0.5, 0.6) is 0 Å². The van der Waals surface area contributed by atoms with E-state index in [0.717, 1.165) is 24.1 Å². The van der Waals surface area contributed by atoms with Crippen LogP contribution in [0, 0.1) is 12.3 Å². The van der Waals surface area contributed by atoms with Crippen molar-refractivity contribution in [2.75, 3.05) is 38.0 Å². The minimum atomic E-state index is -0.466. The second-order valence-electron chi connectivity index (χ2n) is 6.77. The van der Waals surface area contributed by atoms with Crippen molar-refractivity contribution in [2.24, 2.45) is 11.1 Å². The number of urea groups is 1. The van der Waals surface area contributed by atoms with E-state index in [2.05, 4.69) is 5.32 Å². The molecule has 1 aromatic carbocycles. The van der Waals surface area contributed by atoms with E-state index in [0.29, 0.717) is 32.7 Å². The Kier molecular flexibility index (Phi) is 6.42. The van der Waals surface area contributed by atoms with Crippen molar-refractivity contribution in [3.63, 3.8) is 0 Å². The van der Waals surface area contributed by atoms with Crippen molar-refractivity contribution in [2.45, 2.75) is 33.6 Å². The Morgan fingerprint density at radius 1 is 1.12 bits per heavy atom. The summed E-state index contributed by atoms with van der Waals surface area (Å²) in [7, 11) is 0. The van der Waals surface area contributed by atoms with Crippen molar-refractivity contribution in [3.8, 4) is 0 Å². The van der Waals surface area contributed by atoms with Crippen LogP contribution in [0.3, 0.4) is 0 Å². The molecule has 6 heteroatoms. The highest BCUT2D eigenvalue weighted by atomic mass is 16.2. The molecule has 1 saturated heterocycles. The van der Waals surface area contributed by atoms with Crippen LogP contribution < -0.4 is 11.1 Å². The van der Waals surface area contributed by atoms with E-state index in [1.807, 2.05) is 49.9 Å². The first-order chi connectivity index (χ1) is 12.0. The fourth-order valence-corrected chi connectivity index (χ4v) is 3.30. The summed E-state index contributed by atoms with van der Waals surface area (Å²) in [5.41, 5.74) is 7.32. The van der Waals surface area contributed by atoms with Crippen LogP contribution >= 0.6 is 0 Å². The maximum Gasteiger partial charge on any atom is 0.321 e. The second kappa shape index (κ2) is 8.34. The summed E-state index contributed by atoms with van der Waals surface area (Å²) in [6, 6.07) is 7.61. The quantitative estimate of drug-likeness (QED) is 0.859. The number of piperazine rings is 1. The number of nitrogens with one attached hydrogen (secondary N) is 1. The van der Waals surface area contributed by atoms with E-state index in [1.54, 1.807) is 4.90 Å². The Morgan fingerprint density at radius 2 is 1.72 bits per heavy atom. The largest absolute Gasteiger partial charge is 0.339 e. The highest BCUT2D eigenvalue weighted by molar-refractivity contribution is 5.90. The molecular formula is C19H30N4O2. The monoisotopic (exact) mass is 346 g/mol. The zero-order valence-corrected chi connectivity index (χ0v) is 15.5. The Hall–Kier alpha value is -2.08. The molecule has 1 fully saturated rings. The number of anilines is 1. The Bertz CT molecular complexity index is 597. The van der Waals surface area contributed by atoms with Crippen LogP contribution in [0.25, 0.3) is 0 Å². The Labute approximate surface area is 150 Å². The number of aryl methyl sites for hydroxylation is 1. The van der Waals surface area contributed by atoms with Crippen molar-refractivity contribution < 1.29 is 9.59 Å². The molecule has 0 unspecified atom stereocenters. The van der Waals surface area contributed by atoms with E-state index >= 15 is 0 Å².